The molecule has 5 nitrogen and oxygen atoms in total. The molecule has 7 heteroatoms. The van der Waals surface area contributed by atoms with E-state index in [0.717, 1.165) is 0 Å². The van der Waals surface area contributed by atoms with Crippen LogP contribution in [0.1, 0.15) is 13.8 Å². The molecule has 0 atom stereocenters. The Morgan fingerprint density at radius 2 is 1.70 bits per heavy atom. The van der Waals surface area contributed by atoms with Crippen molar-refractivity contribution in [1.82, 2.24) is 0 Å². The number of rotatable bonds is 2. The van der Waals surface area contributed by atoms with Crippen LogP contribution in [0, 0.1) is 0 Å². The maximum absolute atomic E-state index is 8.87. The van der Waals surface area contributed by atoms with Crippen molar-refractivity contribution in [1.29, 1.82) is 0 Å². The van der Waals surface area contributed by atoms with E-state index in [0.29, 0.717) is 0 Å². The van der Waals surface area contributed by atoms with Crippen LogP contribution in [0.25, 0.3) is 0 Å². The third-order valence-corrected chi connectivity index (χ3v) is 3.43. The van der Waals surface area contributed by atoms with E-state index in [1.54, 1.807) is 0 Å². The first-order valence-electron chi connectivity index (χ1n) is 2.39. The molecule has 0 aromatic heterocycles. The minimum atomic E-state index is -3.63. The van der Waals surface area contributed by atoms with Gasteiger partial charge in [0, 0.05) is 0 Å². The zero-order valence-electron chi connectivity index (χ0n) is 5.59. The fourth-order valence-electron chi connectivity index (χ4n) is 0.183. The molecular formula is C3H10O5P2. The molecule has 0 saturated heterocycles. The van der Waals surface area contributed by atoms with Gasteiger partial charge in [-0.2, -0.15) is 0 Å². The van der Waals surface area contributed by atoms with Crippen LogP contribution in [-0.4, -0.2) is 24.9 Å². The molecule has 0 aliphatic heterocycles. The highest BCUT2D eigenvalue weighted by molar-refractivity contribution is 7.66. The third kappa shape index (κ3) is 3.64. The summed E-state index contributed by atoms with van der Waals surface area (Å²) in [4.78, 5) is 34.2. The molecule has 0 aliphatic carbocycles. The smallest absolute Gasteiger partial charge is 0.333 e. The van der Waals surface area contributed by atoms with E-state index in [4.69, 9.17) is 19.6 Å². The summed E-state index contributed by atoms with van der Waals surface area (Å²) < 4.78 is 4.06. The normalized spacial score (nSPS) is 12.3. The van der Waals surface area contributed by atoms with Crippen molar-refractivity contribution in [2.24, 2.45) is 0 Å². The van der Waals surface area contributed by atoms with Gasteiger partial charge in [-0.3, -0.25) is 0 Å². The Morgan fingerprint density at radius 1 is 1.30 bits per heavy atom. The molecule has 0 rings (SSSR count). The largest absolute Gasteiger partial charge is 0.334 e. The highest BCUT2D eigenvalue weighted by atomic mass is 31.3. The average Bonchev–Trinajstić information content (AvgIpc) is 1.60. The molecule has 0 spiro atoms. The summed E-state index contributed by atoms with van der Waals surface area (Å²) in [6.45, 7) is 2.87. The Balaban J connectivity index is 4.29. The van der Waals surface area contributed by atoms with E-state index in [-0.39, 0.29) is 5.29 Å². The van der Waals surface area contributed by atoms with E-state index < -0.39 is 16.2 Å². The second kappa shape index (κ2) is 3.79. The lowest BCUT2D eigenvalue weighted by atomic mass is 10.6. The van der Waals surface area contributed by atoms with Gasteiger partial charge in [0.1, 0.15) is 0 Å². The first kappa shape index (κ1) is 10.5. The average molecular weight is 188 g/mol. The summed E-state index contributed by atoms with van der Waals surface area (Å²) in [5.74, 6) is 0. The third-order valence-electron chi connectivity index (χ3n) is 0.769. The molecule has 62 valence electrons. The van der Waals surface area contributed by atoms with Gasteiger partial charge in [0.05, 0.1) is 0 Å². The molecule has 0 aromatic rings. The van der Waals surface area contributed by atoms with Crippen molar-refractivity contribution in [2.45, 2.75) is 13.8 Å². The van der Waals surface area contributed by atoms with Crippen LogP contribution in [-0.2, 0) is 4.31 Å². The topological polar surface area (TPSA) is 90.2 Å². The lowest BCUT2D eigenvalue weighted by molar-refractivity contribution is 0.319. The molecule has 0 fully saturated rings. The molecule has 0 radical (unpaired) electrons. The van der Waals surface area contributed by atoms with Crippen LogP contribution in [0.15, 0.2) is 0 Å². The van der Waals surface area contributed by atoms with Crippen LogP contribution in [0.4, 0.5) is 0 Å². The van der Waals surface area contributed by atoms with E-state index in [1.807, 2.05) is 0 Å². The highest BCUT2D eigenvalue weighted by Crippen LogP contribution is 2.51. The summed E-state index contributed by atoms with van der Waals surface area (Å²) in [7, 11) is -6.32. The van der Waals surface area contributed by atoms with Gasteiger partial charge in [-0.25, -0.2) is 4.31 Å². The van der Waals surface area contributed by atoms with Crippen molar-refractivity contribution >= 4 is 21.5 Å². The van der Waals surface area contributed by atoms with Crippen LogP contribution < -0.4 is 0 Å². The number of hydrogen-bond donors (Lipinski definition) is 4. The maximum atomic E-state index is 8.87. The summed E-state index contributed by atoms with van der Waals surface area (Å²) >= 11 is 0. The van der Waals surface area contributed by atoms with Crippen LogP contribution in [0.5, 0.6) is 0 Å². The molecule has 0 saturated carbocycles. The minimum absolute atomic E-state index is 0.239. The van der Waals surface area contributed by atoms with Gasteiger partial charge >= 0.3 is 8.60 Å². The van der Waals surface area contributed by atoms with Gasteiger partial charge in [0.15, 0.2) is 0 Å². The fraction of sp³-hybridized carbons (Fsp3) is 0.667. The quantitative estimate of drug-likeness (QED) is 0.464. The Kier molecular flexibility index (Phi) is 3.99. The number of hydrogen-bond acceptors (Lipinski definition) is 5. The Hall–Kier alpha value is 0.530. The van der Waals surface area contributed by atoms with Crippen LogP contribution in [0.3, 0.4) is 0 Å². The predicted molar refractivity (Wildman–Crippen MR) is 40.2 cm³/mol. The monoisotopic (exact) mass is 188 g/mol. The van der Waals surface area contributed by atoms with Crippen molar-refractivity contribution in [3.63, 3.8) is 0 Å². The zero-order valence-corrected chi connectivity index (χ0v) is 7.38. The summed E-state index contributed by atoms with van der Waals surface area (Å²) in [6.07, 6.45) is 0. The van der Waals surface area contributed by atoms with E-state index in [2.05, 4.69) is 4.31 Å². The van der Waals surface area contributed by atoms with Crippen molar-refractivity contribution in [2.75, 3.05) is 0 Å². The van der Waals surface area contributed by atoms with Crippen molar-refractivity contribution in [3.8, 4) is 0 Å². The van der Waals surface area contributed by atoms with Gasteiger partial charge in [-0.1, -0.05) is 0 Å². The van der Waals surface area contributed by atoms with E-state index in [9.17, 15) is 0 Å². The van der Waals surface area contributed by atoms with Gasteiger partial charge < -0.3 is 19.6 Å². The molecule has 0 aliphatic rings. The van der Waals surface area contributed by atoms with Crippen molar-refractivity contribution in [3.05, 3.63) is 0 Å². The van der Waals surface area contributed by atoms with Gasteiger partial charge in [0.25, 0.3) is 7.57 Å². The van der Waals surface area contributed by atoms with Gasteiger partial charge in [0.2, 0.25) is 0 Å². The van der Waals surface area contributed by atoms with Gasteiger partial charge in [-0.15, -0.1) is 0 Å². The summed E-state index contributed by atoms with van der Waals surface area (Å²) in [5.41, 5.74) is 0. The lowest BCUT2D eigenvalue weighted by Crippen LogP contribution is -1.92. The molecule has 10 heavy (non-hydrogen) atoms. The SMILES string of the molecule is CC(C)=P(O)(O)OP(O)O. The van der Waals surface area contributed by atoms with Crippen LogP contribution in [0.2, 0.25) is 0 Å². The first-order valence-corrected chi connectivity index (χ1v) is 5.17. The highest BCUT2D eigenvalue weighted by Gasteiger charge is 2.17. The van der Waals surface area contributed by atoms with Gasteiger partial charge in [-0.05, 0) is 19.1 Å². The predicted octanol–water partition coefficient (Wildman–Crippen LogP) is 0.174. The standard InChI is InChI=1S/C3H10O5P2/c1-3(2)10(6,7)8-9(4)5/h4-7H,1-2H3. The summed E-state index contributed by atoms with van der Waals surface area (Å²) in [5, 5.41) is 0.239. The Labute approximate surface area is 60.1 Å². The second-order valence-corrected chi connectivity index (χ2v) is 4.97. The molecule has 0 bridgehead atoms. The lowest BCUT2D eigenvalue weighted by Gasteiger charge is -2.13. The molecule has 0 aromatic carbocycles. The molecule has 4 N–H and O–H groups in total. The fourth-order valence-corrected chi connectivity index (χ4v) is 1.65. The maximum Gasteiger partial charge on any atom is 0.334 e. The minimum Gasteiger partial charge on any atom is -0.333 e. The Bertz CT molecular complexity index is 154. The molecule has 0 heterocycles. The zero-order chi connectivity index (χ0) is 8.36. The van der Waals surface area contributed by atoms with E-state index in [1.165, 1.54) is 13.8 Å². The molecular weight excluding hydrogens is 178 g/mol. The first-order chi connectivity index (χ1) is 4.36. The molecule has 0 amide bonds. The summed E-state index contributed by atoms with van der Waals surface area (Å²) in [6, 6.07) is 0. The van der Waals surface area contributed by atoms with Crippen molar-refractivity contribution < 1.29 is 23.9 Å². The molecule has 0 unspecified atom stereocenters. The second-order valence-electron chi connectivity index (χ2n) is 1.83. The Morgan fingerprint density at radius 3 is 1.80 bits per heavy atom. The van der Waals surface area contributed by atoms with E-state index >= 15 is 0 Å². The van der Waals surface area contributed by atoms with Crippen LogP contribution >= 0.6 is 16.2 Å².